The number of rotatable bonds is 6. The van der Waals surface area contributed by atoms with Crippen LogP contribution in [0.25, 0.3) is 16.3 Å². The Bertz CT molecular complexity index is 1030. The lowest BCUT2D eigenvalue weighted by Crippen LogP contribution is -2.15. The van der Waals surface area contributed by atoms with Crippen molar-refractivity contribution in [3.8, 4) is 11.4 Å². The first kappa shape index (κ1) is 17.7. The van der Waals surface area contributed by atoms with Crippen LogP contribution in [0.3, 0.4) is 0 Å². The van der Waals surface area contributed by atoms with Crippen molar-refractivity contribution >= 4 is 43.8 Å². The van der Waals surface area contributed by atoms with Crippen molar-refractivity contribution < 1.29 is 0 Å². The first-order valence-corrected chi connectivity index (χ1v) is 10.2. The van der Waals surface area contributed by atoms with Crippen LogP contribution >= 0.6 is 38.9 Å². The summed E-state index contributed by atoms with van der Waals surface area (Å²) in [6.45, 7) is 1.73. The number of nitrogens with zero attached hydrogens (tertiary/aromatic N) is 3. The summed E-state index contributed by atoms with van der Waals surface area (Å²) in [4.78, 5) is 2.15. The minimum atomic E-state index is 0.776. The van der Waals surface area contributed by atoms with Crippen LogP contribution in [0.15, 0.2) is 59.2 Å². The fraction of sp³-hybridized carbons (Fsp3) is 0.158. The summed E-state index contributed by atoms with van der Waals surface area (Å²) in [6.07, 6.45) is 3.09. The Morgan fingerprint density at radius 1 is 1.12 bits per heavy atom. The molecule has 0 aliphatic heterocycles. The molecule has 4 aromatic rings. The average Bonchev–Trinajstić information content (AvgIpc) is 3.20. The van der Waals surface area contributed by atoms with E-state index in [1.807, 2.05) is 30.3 Å². The maximum absolute atomic E-state index is 5.92. The van der Waals surface area contributed by atoms with E-state index in [1.54, 1.807) is 11.3 Å². The van der Waals surface area contributed by atoms with Crippen LogP contribution in [0.4, 0.5) is 0 Å². The molecule has 0 unspecified atom stereocenters. The second kappa shape index (κ2) is 7.88. The maximum Gasteiger partial charge on any atom is 0.216 e. The monoisotopic (exact) mass is 446 g/mol. The molecule has 0 bridgehead atoms. The molecule has 4 rings (SSSR count). The predicted octanol–water partition coefficient (Wildman–Crippen LogP) is 5.21. The molecule has 2 aromatic heterocycles. The molecule has 26 heavy (non-hydrogen) atoms. The van der Waals surface area contributed by atoms with Gasteiger partial charge in [-0.1, -0.05) is 63.1 Å². The van der Waals surface area contributed by atoms with Crippen LogP contribution in [-0.2, 0) is 13.0 Å². The van der Waals surface area contributed by atoms with E-state index < -0.39 is 0 Å². The molecule has 0 spiro atoms. The number of hydrogen-bond acceptors (Lipinski definition) is 4. The topological polar surface area (TPSA) is 42.2 Å². The quantitative estimate of drug-likeness (QED) is 0.413. The highest BCUT2D eigenvalue weighted by atomic mass is 79.9. The smallest absolute Gasteiger partial charge is 0.216 e. The third kappa shape index (κ3) is 3.99. The van der Waals surface area contributed by atoms with Gasteiger partial charge in [-0.2, -0.15) is 0 Å². The first-order valence-electron chi connectivity index (χ1n) is 8.23. The summed E-state index contributed by atoms with van der Waals surface area (Å²) in [5, 5.41) is 12.9. The summed E-state index contributed by atoms with van der Waals surface area (Å²) in [5.74, 6) is 0.866. The van der Waals surface area contributed by atoms with Crippen LogP contribution in [0.5, 0.6) is 0 Å². The summed E-state index contributed by atoms with van der Waals surface area (Å²) >= 11 is 11.1. The van der Waals surface area contributed by atoms with Gasteiger partial charge < -0.3 is 5.32 Å². The van der Waals surface area contributed by atoms with Gasteiger partial charge in [-0.05, 0) is 42.8 Å². The summed E-state index contributed by atoms with van der Waals surface area (Å²) in [6, 6.07) is 16.1. The lowest BCUT2D eigenvalue weighted by molar-refractivity contribution is 0.692. The normalized spacial score (nSPS) is 11.3. The minimum absolute atomic E-state index is 0.776. The number of benzene rings is 2. The average molecular weight is 448 g/mol. The maximum atomic E-state index is 5.92. The Hall–Kier alpha value is -1.73. The van der Waals surface area contributed by atoms with Crippen LogP contribution in [-0.4, -0.2) is 21.1 Å². The predicted molar refractivity (Wildman–Crippen MR) is 111 cm³/mol. The lowest BCUT2D eigenvalue weighted by atomic mass is 10.1. The molecular weight excluding hydrogens is 432 g/mol. The number of nitrogens with one attached hydrogen (secondary N) is 1. The van der Waals surface area contributed by atoms with E-state index in [2.05, 4.69) is 60.2 Å². The molecule has 0 atom stereocenters. The van der Waals surface area contributed by atoms with Crippen LogP contribution in [0, 0.1) is 0 Å². The Morgan fingerprint density at radius 3 is 2.77 bits per heavy atom. The van der Waals surface area contributed by atoms with Gasteiger partial charge in [-0.25, -0.2) is 0 Å². The van der Waals surface area contributed by atoms with Crippen molar-refractivity contribution in [2.45, 2.75) is 13.0 Å². The number of thiazole rings is 1. The van der Waals surface area contributed by atoms with Crippen molar-refractivity contribution in [3.63, 3.8) is 0 Å². The van der Waals surface area contributed by atoms with E-state index in [9.17, 15) is 0 Å². The molecule has 0 aliphatic carbocycles. The molecule has 132 valence electrons. The van der Waals surface area contributed by atoms with Gasteiger partial charge in [0, 0.05) is 32.7 Å². The van der Waals surface area contributed by atoms with E-state index >= 15 is 0 Å². The summed E-state index contributed by atoms with van der Waals surface area (Å²) in [7, 11) is 0. The van der Waals surface area contributed by atoms with Crippen LogP contribution < -0.4 is 5.32 Å². The van der Waals surface area contributed by atoms with Crippen LogP contribution in [0.2, 0.25) is 5.02 Å². The Morgan fingerprint density at radius 2 is 1.96 bits per heavy atom. The zero-order valence-electron chi connectivity index (χ0n) is 13.8. The molecule has 4 nitrogen and oxygen atoms in total. The zero-order valence-corrected chi connectivity index (χ0v) is 17.0. The highest BCUT2D eigenvalue weighted by Gasteiger charge is 2.11. The third-order valence-electron chi connectivity index (χ3n) is 4.05. The molecule has 7 heteroatoms. The molecule has 0 amide bonds. The van der Waals surface area contributed by atoms with Crippen molar-refractivity contribution in [2.24, 2.45) is 0 Å². The summed E-state index contributed by atoms with van der Waals surface area (Å²) in [5.41, 5.74) is 2.33. The van der Waals surface area contributed by atoms with Crippen LogP contribution in [0.1, 0.15) is 10.4 Å². The van der Waals surface area contributed by atoms with Crippen molar-refractivity contribution in [3.05, 3.63) is 74.7 Å². The number of fused-ring (bicyclic) bond motifs is 1. The third-order valence-corrected chi connectivity index (χ3v) is 5.76. The zero-order chi connectivity index (χ0) is 17.9. The lowest BCUT2D eigenvalue weighted by Gasteiger charge is -2.03. The van der Waals surface area contributed by atoms with E-state index in [1.165, 1.54) is 10.4 Å². The van der Waals surface area contributed by atoms with E-state index in [0.717, 1.165) is 45.4 Å². The highest BCUT2D eigenvalue weighted by molar-refractivity contribution is 9.10. The number of halogens is 2. The molecule has 1 N–H and O–H groups in total. The number of aromatic nitrogens is 3. The minimum Gasteiger partial charge on any atom is -0.311 e. The molecule has 0 aliphatic rings. The van der Waals surface area contributed by atoms with Crippen molar-refractivity contribution in [1.29, 1.82) is 0 Å². The largest absolute Gasteiger partial charge is 0.311 e. The van der Waals surface area contributed by atoms with E-state index in [0.29, 0.717) is 0 Å². The SMILES string of the molecule is Clc1ccc(CCNCc2cn3c(-c4cccc(Br)c4)nnc3s2)cc1. The second-order valence-corrected chi connectivity index (χ2v) is 8.38. The van der Waals surface area contributed by atoms with Gasteiger partial charge in [0.05, 0.1) is 0 Å². The molecule has 0 radical (unpaired) electrons. The molecule has 2 aromatic carbocycles. The van der Waals surface area contributed by atoms with Gasteiger partial charge in [0.25, 0.3) is 0 Å². The number of hydrogen-bond donors (Lipinski definition) is 1. The standard InChI is InChI=1S/C19H16BrClN4S/c20-15-3-1-2-14(10-15)18-23-24-19-25(18)12-17(26-19)11-22-9-8-13-4-6-16(21)7-5-13/h1-7,10,12,22H,8-9,11H2. The Labute approximate surface area is 169 Å². The highest BCUT2D eigenvalue weighted by Crippen LogP contribution is 2.25. The fourth-order valence-corrected chi connectivity index (χ4v) is 4.16. The van der Waals surface area contributed by atoms with Gasteiger partial charge in [0.1, 0.15) is 0 Å². The van der Waals surface area contributed by atoms with Gasteiger partial charge in [-0.3, -0.25) is 4.40 Å². The van der Waals surface area contributed by atoms with Gasteiger partial charge in [0.2, 0.25) is 4.96 Å². The molecule has 0 fully saturated rings. The molecule has 0 saturated carbocycles. The Kier molecular flexibility index (Phi) is 5.36. The van der Waals surface area contributed by atoms with Gasteiger partial charge in [0.15, 0.2) is 5.82 Å². The molecule has 2 heterocycles. The van der Waals surface area contributed by atoms with Crippen molar-refractivity contribution in [2.75, 3.05) is 6.54 Å². The molecule has 0 saturated heterocycles. The van der Waals surface area contributed by atoms with Gasteiger partial charge in [-0.15, -0.1) is 10.2 Å². The first-order chi connectivity index (χ1) is 12.7. The van der Waals surface area contributed by atoms with E-state index in [-0.39, 0.29) is 0 Å². The van der Waals surface area contributed by atoms with Gasteiger partial charge >= 0.3 is 0 Å². The van der Waals surface area contributed by atoms with E-state index in [4.69, 9.17) is 11.6 Å². The van der Waals surface area contributed by atoms with Crippen molar-refractivity contribution in [1.82, 2.24) is 19.9 Å². The molecular formula is C19H16BrClN4S. The summed E-state index contributed by atoms with van der Waals surface area (Å²) < 4.78 is 3.09. The fourth-order valence-electron chi connectivity index (χ4n) is 2.75. The Balaban J connectivity index is 1.41. The second-order valence-electron chi connectivity index (χ2n) is 5.94.